The molecular formula is C29H45N. The van der Waals surface area contributed by atoms with E-state index in [0.29, 0.717) is 0 Å². The fourth-order valence-corrected chi connectivity index (χ4v) is 4.42. The molecule has 0 radical (unpaired) electrons. The van der Waals surface area contributed by atoms with E-state index in [1.807, 2.05) is 6.07 Å². The predicted molar refractivity (Wildman–Crippen MR) is 134 cm³/mol. The molecule has 0 aliphatic rings. The molecule has 1 nitrogen and oxygen atoms in total. The van der Waals surface area contributed by atoms with Gasteiger partial charge in [-0.05, 0) is 60.1 Å². The van der Waals surface area contributed by atoms with Gasteiger partial charge in [-0.15, -0.1) is 0 Å². The Morgan fingerprint density at radius 3 is 1.90 bits per heavy atom. The molecule has 0 fully saturated rings. The van der Waals surface area contributed by atoms with Gasteiger partial charge in [-0.2, -0.15) is 0 Å². The normalized spacial score (nSPS) is 12.2. The van der Waals surface area contributed by atoms with E-state index in [1.165, 1.54) is 99.3 Å². The number of aryl methyl sites for hydroxylation is 1. The maximum atomic E-state index is 5.87. The van der Waals surface area contributed by atoms with Gasteiger partial charge >= 0.3 is 0 Å². The fraction of sp³-hybridized carbons (Fsp3) is 0.586. The van der Waals surface area contributed by atoms with E-state index < -0.39 is 0 Å². The number of benzene rings is 2. The van der Waals surface area contributed by atoms with Gasteiger partial charge in [-0.3, -0.25) is 0 Å². The zero-order chi connectivity index (χ0) is 21.6. The van der Waals surface area contributed by atoms with Crippen LogP contribution in [-0.2, 0) is 12.8 Å². The van der Waals surface area contributed by atoms with Crippen molar-refractivity contribution in [2.24, 2.45) is 5.92 Å². The third-order valence-corrected chi connectivity index (χ3v) is 6.42. The van der Waals surface area contributed by atoms with Crippen molar-refractivity contribution in [3.63, 3.8) is 0 Å². The smallest absolute Gasteiger partial charge is 0.0316 e. The molecule has 0 heterocycles. The molecule has 166 valence electrons. The Morgan fingerprint density at radius 1 is 0.733 bits per heavy atom. The van der Waals surface area contributed by atoms with Crippen LogP contribution in [0.4, 0.5) is 5.69 Å². The molecule has 1 unspecified atom stereocenters. The molecule has 30 heavy (non-hydrogen) atoms. The van der Waals surface area contributed by atoms with Crippen molar-refractivity contribution in [1.82, 2.24) is 0 Å². The highest BCUT2D eigenvalue weighted by Crippen LogP contribution is 2.20. The Hall–Kier alpha value is -1.76. The summed E-state index contributed by atoms with van der Waals surface area (Å²) in [5, 5.41) is 0. The number of hydrogen-bond acceptors (Lipinski definition) is 1. The van der Waals surface area contributed by atoms with Crippen LogP contribution in [0.2, 0.25) is 0 Å². The number of unbranched alkanes of at least 4 members (excludes halogenated alkanes) is 9. The molecule has 1 heteroatoms. The van der Waals surface area contributed by atoms with Crippen LogP contribution in [0.1, 0.15) is 107 Å². The molecule has 0 aliphatic carbocycles. The van der Waals surface area contributed by atoms with Gasteiger partial charge in [0.05, 0.1) is 0 Å². The molecule has 0 bridgehead atoms. The molecule has 2 aromatic carbocycles. The summed E-state index contributed by atoms with van der Waals surface area (Å²) in [6.45, 7) is 6.86. The molecular weight excluding hydrogens is 362 g/mol. The maximum absolute atomic E-state index is 5.87. The summed E-state index contributed by atoms with van der Waals surface area (Å²) in [5.74, 6) is 0.782. The number of nitrogen functional groups attached to an aromatic ring is 1. The number of anilines is 1. The van der Waals surface area contributed by atoms with Crippen LogP contribution in [-0.4, -0.2) is 0 Å². The third-order valence-electron chi connectivity index (χ3n) is 6.42. The van der Waals surface area contributed by atoms with Crippen molar-refractivity contribution < 1.29 is 0 Å². The summed E-state index contributed by atoms with van der Waals surface area (Å²) in [7, 11) is 0. The van der Waals surface area contributed by atoms with Crippen LogP contribution in [0.3, 0.4) is 0 Å². The van der Waals surface area contributed by atoms with E-state index in [1.54, 1.807) is 0 Å². The lowest BCUT2D eigenvalue weighted by atomic mass is 9.93. The van der Waals surface area contributed by atoms with Gasteiger partial charge < -0.3 is 5.73 Å². The second-order valence-corrected chi connectivity index (χ2v) is 9.46. The lowest BCUT2D eigenvalue weighted by Crippen LogP contribution is -2.00. The van der Waals surface area contributed by atoms with E-state index in [9.17, 15) is 0 Å². The second kappa shape index (κ2) is 14.3. The number of rotatable bonds is 15. The van der Waals surface area contributed by atoms with Gasteiger partial charge in [0.1, 0.15) is 0 Å². The molecule has 0 amide bonds. The molecule has 0 spiro atoms. The van der Waals surface area contributed by atoms with Crippen LogP contribution in [0, 0.1) is 12.8 Å². The van der Waals surface area contributed by atoms with Crippen molar-refractivity contribution in [3.8, 4) is 0 Å². The Kier molecular flexibility index (Phi) is 11.7. The Bertz CT molecular complexity index is 701. The minimum atomic E-state index is 0.782. The van der Waals surface area contributed by atoms with Gasteiger partial charge in [-0.25, -0.2) is 0 Å². The molecule has 0 aromatic heterocycles. The van der Waals surface area contributed by atoms with Crippen LogP contribution >= 0.6 is 0 Å². The highest BCUT2D eigenvalue weighted by atomic mass is 14.5. The van der Waals surface area contributed by atoms with E-state index in [2.05, 4.69) is 57.2 Å². The lowest BCUT2D eigenvalue weighted by molar-refractivity contribution is 0.477. The quantitative estimate of drug-likeness (QED) is 0.232. The Labute approximate surface area is 186 Å². The van der Waals surface area contributed by atoms with E-state index >= 15 is 0 Å². The first kappa shape index (κ1) is 24.5. The summed E-state index contributed by atoms with van der Waals surface area (Å²) >= 11 is 0. The van der Waals surface area contributed by atoms with Gasteiger partial charge in [0, 0.05) is 5.69 Å². The second-order valence-electron chi connectivity index (χ2n) is 9.46. The Morgan fingerprint density at radius 2 is 1.30 bits per heavy atom. The predicted octanol–water partition coefficient (Wildman–Crippen LogP) is 8.66. The molecule has 0 saturated heterocycles. The van der Waals surface area contributed by atoms with Crippen LogP contribution in [0.15, 0.2) is 42.5 Å². The minimum absolute atomic E-state index is 0.782. The fourth-order valence-electron chi connectivity index (χ4n) is 4.42. The first-order valence-electron chi connectivity index (χ1n) is 12.5. The third kappa shape index (κ3) is 9.83. The first-order valence-corrected chi connectivity index (χ1v) is 12.5. The average molecular weight is 408 g/mol. The summed E-state index contributed by atoms with van der Waals surface area (Å²) < 4.78 is 0. The van der Waals surface area contributed by atoms with Gasteiger partial charge in [0.15, 0.2) is 0 Å². The lowest BCUT2D eigenvalue weighted by Gasteiger charge is -2.12. The standard InChI is InChI=1S/C29H45N/c1-4-5-6-7-8-9-10-11-12-13-14-24(2)21-26-15-17-27(18-16-26)23-28-19-20-29(30)22-25(28)3/h15-20,22,24H,4-14,21,23,30H2,1-3H3. The molecule has 2 aromatic rings. The van der Waals surface area contributed by atoms with Crippen LogP contribution in [0.25, 0.3) is 0 Å². The minimum Gasteiger partial charge on any atom is -0.399 e. The largest absolute Gasteiger partial charge is 0.399 e. The first-order chi connectivity index (χ1) is 14.6. The van der Waals surface area contributed by atoms with Gasteiger partial charge in [0.2, 0.25) is 0 Å². The van der Waals surface area contributed by atoms with Gasteiger partial charge in [-0.1, -0.05) is 115 Å². The summed E-state index contributed by atoms with van der Waals surface area (Å²) in [5.41, 5.74) is 12.2. The summed E-state index contributed by atoms with van der Waals surface area (Å²) in [4.78, 5) is 0. The van der Waals surface area contributed by atoms with Crippen molar-refractivity contribution in [2.45, 2.75) is 104 Å². The Balaban J connectivity index is 1.59. The van der Waals surface area contributed by atoms with Crippen molar-refractivity contribution in [2.75, 3.05) is 5.73 Å². The molecule has 0 saturated carbocycles. The summed E-state index contributed by atoms with van der Waals surface area (Å²) in [6, 6.07) is 15.5. The molecule has 2 N–H and O–H groups in total. The zero-order valence-electron chi connectivity index (χ0n) is 19.9. The highest BCUT2D eigenvalue weighted by Gasteiger charge is 2.05. The SMILES string of the molecule is CCCCCCCCCCCCC(C)Cc1ccc(Cc2ccc(N)cc2C)cc1. The van der Waals surface area contributed by atoms with Crippen molar-refractivity contribution in [1.29, 1.82) is 0 Å². The van der Waals surface area contributed by atoms with E-state index in [0.717, 1.165) is 18.0 Å². The topological polar surface area (TPSA) is 26.0 Å². The zero-order valence-corrected chi connectivity index (χ0v) is 19.9. The highest BCUT2D eigenvalue weighted by molar-refractivity contribution is 5.45. The molecule has 0 aliphatic heterocycles. The summed E-state index contributed by atoms with van der Waals surface area (Å²) in [6.07, 6.45) is 17.8. The van der Waals surface area contributed by atoms with E-state index in [-0.39, 0.29) is 0 Å². The van der Waals surface area contributed by atoms with Crippen LogP contribution < -0.4 is 5.73 Å². The van der Waals surface area contributed by atoms with Crippen molar-refractivity contribution >= 4 is 5.69 Å². The average Bonchev–Trinajstić information content (AvgIpc) is 2.73. The van der Waals surface area contributed by atoms with Gasteiger partial charge in [0.25, 0.3) is 0 Å². The number of hydrogen-bond donors (Lipinski definition) is 1. The molecule has 2 rings (SSSR count). The van der Waals surface area contributed by atoms with E-state index in [4.69, 9.17) is 5.73 Å². The van der Waals surface area contributed by atoms with Crippen LogP contribution in [0.5, 0.6) is 0 Å². The maximum Gasteiger partial charge on any atom is 0.0316 e. The van der Waals surface area contributed by atoms with Crippen molar-refractivity contribution in [3.05, 3.63) is 64.7 Å². The monoisotopic (exact) mass is 407 g/mol. The number of nitrogens with two attached hydrogens (primary N) is 1. The molecule has 1 atom stereocenters.